The van der Waals surface area contributed by atoms with Gasteiger partial charge in [0.2, 0.25) is 21.8 Å². The molecule has 7 nitrogen and oxygen atoms in total. The van der Waals surface area contributed by atoms with Gasteiger partial charge in [-0.2, -0.15) is 0 Å². The first-order valence-electron chi connectivity index (χ1n) is 12.5. The van der Waals surface area contributed by atoms with Gasteiger partial charge in [-0.1, -0.05) is 72.6 Å². The Kier molecular flexibility index (Phi) is 10.5. The predicted molar refractivity (Wildman–Crippen MR) is 150 cm³/mol. The fourth-order valence-corrected chi connectivity index (χ4v) is 5.08. The third kappa shape index (κ3) is 8.41. The monoisotopic (exact) mass is 555 g/mol. The highest BCUT2D eigenvalue weighted by molar-refractivity contribution is 7.89. The molecule has 0 radical (unpaired) electrons. The number of nitrogens with one attached hydrogen (secondary N) is 2. The van der Waals surface area contributed by atoms with E-state index in [1.54, 1.807) is 43.0 Å². The second-order valence-corrected chi connectivity index (χ2v) is 11.4. The van der Waals surface area contributed by atoms with Crippen molar-refractivity contribution in [3.63, 3.8) is 0 Å². The number of carbonyl (C=O) groups is 2. The number of carbonyl (C=O) groups excluding carboxylic acids is 2. The molecule has 0 aliphatic rings. The van der Waals surface area contributed by atoms with E-state index >= 15 is 0 Å². The number of halogens is 1. The van der Waals surface area contributed by atoms with Crippen molar-refractivity contribution in [2.24, 2.45) is 0 Å². The maximum absolute atomic E-state index is 13.4. The summed E-state index contributed by atoms with van der Waals surface area (Å²) >= 11 is 6.02. The van der Waals surface area contributed by atoms with Gasteiger partial charge < -0.3 is 10.2 Å². The van der Waals surface area contributed by atoms with Gasteiger partial charge in [0.25, 0.3) is 0 Å². The van der Waals surface area contributed by atoms with Gasteiger partial charge in [-0.25, -0.2) is 13.1 Å². The van der Waals surface area contributed by atoms with Crippen LogP contribution in [-0.4, -0.2) is 37.7 Å². The number of benzene rings is 3. The number of rotatable bonds is 12. The third-order valence-corrected chi connectivity index (χ3v) is 8.03. The predicted octanol–water partition coefficient (Wildman–Crippen LogP) is 4.61. The fraction of sp³-hybridized carbons (Fsp3) is 0.310. The normalized spacial score (nSPS) is 12.1. The zero-order valence-corrected chi connectivity index (χ0v) is 23.5. The van der Waals surface area contributed by atoms with Crippen LogP contribution in [0.2, 0.25) is 5.02 Å². The Morgan fingerprint density at radius 1 is 0.895 bits per heavy atom. The van der Waals surface area contributed by atoms with Crippen molar-refractivity contribution in [3.05, 3.63) is 100 Å². The lowest BCUT2D eigenvalue weighted by atomic mass is 10.1. The molecule has 0 saturated heterocycles. The highest BCUT2D eigenvalue weighted by atomic mass is 35.5. The SMILES string of the molecule is CCNS(=O)(=O)c1ccc(CCC(=O)N(Cc2ccc(Cl)cc2)[C@H](C)C(=O)NCc2ccc(C)cc2)cc1. The lowest BCUT2D eigenvalue weighted by Crippen LogP contribution is -2.47. The van der Waals surface area contributed by atoms with Crippen LogP contribution in [0.4, 0.5) is 0 Å². The third-order valence-electron chi connectivity index (χ3n) is 6.22. The molecule has 3 rings (SSSR count). The van der Waals surface area contributed by atoms with Gasteiger partial charge >= 0.3 is 0 Å². The van der Waals surface area contributed by atoms with E-state index in [4.69, 9.17) is 11.6 Å². The van der Waals surface area contributed by atoms with Crippen LogP contribution in [0.25, 0.3) is 0 Å². The summed E-state index contributed by atoms with van der Waals surface area (Å²) < 4.78 is 26.8. The highest BCUT2D eigenvalue weighted by Gasteiger charge is 2.26. The van der Waals surface area contributed by atoms with Crippen molar-refractivity contribution in [1.82, 2.24) is 14.9 Å². The van der Waals surface area contributed by atoms with E-state index in [0.29, 0.717) is 24.5 Å². The summed E-state index contributed by atoms with van der Waals surface area (Å²) in [7, 11) is -3.54. The number of hydrogen-bond acceptors (Lipinski definition) is 4. The molecule has 2 amide bonds. The Morgan fingerprint density at radius 2 is 1.47 bits per heavy atom. The molecule has 0 saturated carbocycles. The summed E-state index contributed by atoms with van der Waals surface area (Å²) in [6.07, 6.45) is 0.581. The molecule has 0 unspecified atom stereocenters. The maximum atomic E-state index is 13.4. The minimum atomic E-state index is -3.54. The summed E-state index contributed by atoms with van der Waals surface area (Å²) in [5.41, 5.74) is 3.81. The van der Waals surface area contributed by atoms with Crippen molar-refractivity contribution < 1.29 is 18.0 Å². The van der Waals surface area contributed by atoms with Crippen molar-refractivity contribution >= 4 is 33.4 Å². The van der Waals surface area contributed by atoms with E-state index in [1.807, 2.05) is 43.3 Å². The zero-order valence-electron chi connectivity index (χ0n) is 21.9. The molecule has 1 atom stereocenters. The lowest BCUT2D eigenvalue weighted by molar-refractivity contribution is -0.140. The van der Waals surface area contributed by atoms with Crippen molar-refractivity contribution in [1.29, 1.82) is 0 Å². The molecule has 0 heterocycles. The van der Waals surface area contributed by atoms with Gasteiger partial charge in [-0.15, -0.1) is 0 Å². The van der Waals surface area contributed by atoms with Crippen molar-refractivity contribution in [2.45, 2.75) is 57.6 Å². The summed E-state index contributed by atoms with van der Waals surface area (Å²) in [4.78, 5) is 28.2. The molecule has 202 valence electrons. The first kappa shape index (κ1) is 29.4. The summed E-state index contributed by atoms with van der Waals surface area (Å²) in [5, 5.41) is 3.53. The van der Waals surface area contributed by atoms with Crippen LogP contribution >= 0.6 is 11.6 Å². The minimum absolute atomic E-state index is 0.169. The Bertz CT molecular complexity index is 1330. The largest absolute Gasteiger partial charge is 0.350 e. The summed E-state index contributed by atoms with van der Waals surface area (Å²) in [6.45, 7) is 6.38. The Labute approximate surface area is 230 Å². The number of hydrogen-bond donors (Lipinski definition) is 2. The van der Waals surface area contributed by atoms with E-state index in [2.05, 4.69) is 10.0 Å². The molecule has 0 bridgehead atoms. The molecule has 3 aromatic carbocycles. The molecule has 9 heteroatoms. The number of sulfonamides is 1. The quantitative estimate of drug-likeness (QED) is 0.341. The lowest BCUT2D eigenvalue weighted by Gasteiger charge is -2.29. The van der Waals surface area contributed by atoms with Crippen LogP contribution in [0.1, 0.15) is 42.5 Å². The molecule has 2 N–H and O–H groups in total. The van der Waals surface area contributed by atoms with E-state index in [0.717, 1.165) is 22.3 Å². The molecule has 3 aromatic rings. The fourth-order valence-electron chi connectivity index (χ4n) is 3.92. The Hall–Kier alpha value is -3.20. The smallest absolute Gasteiger partial charge is 0.242 e. The molecule has 38 heavy (non-hydrogen) atoms. The van der Waals surface area contributed by atoms with Crippen molar-refractivity contribution in [2.75, 3.05) is 6.54 Å². The molecule has 0 spiro atoms. The number of amides is 2. The molecule has 0 aromatic heterocycles. The maximum Gasteiger partial charge on any atom is 0.242 e. The van der Waals surface area contributed by atoms with Gasteiger partial charge in [0, 0.05) is 31.1 Å². The van der Waals surface area contributed by atoms with Crippen LogP contribution in [0, 0.1) is 6.92 Å². The van der Waals surface area contributed by atoms with Crippen LogP contribution in [0.5, 0.6) is 0 Å². The first-order valence-corrected chi connectivity index (χ1v) is 14.4. The van der Waals surface area contributed by atoms with E-state index in [9.17, 15) is 18.0 Å². The van der Waals surface area contributed by atoms with Crippen LogP contribution < -0.4 is 10.0 Å². The molecule has 0 aliphatic heterocycles. The minimum Gasteiger partial charge on any atom is -0.350 e. The van der Waals surface area contributed by atoms with E-state index < -0.39 is 16.1 Å². The van der Waals surface area contributed by atoms with Crippen LogP contribution in [0.15, 0.2) is 77.7 Å². The summed E-state index contributed by atoms with van der Waals surface area (Å²) in [5.74, 6) is -0.423. The molecule has 0 aliphatic carbocycles. The van der Waals surface area contributed by atoms with Gasteiger partial charge in [-0.05, 0) is 61.2 Å². The van der Waals surface area contributed by atoms with Crippen molar-refractivity contribution in [3.8, 4) is 0 Å². The van der Waals surface area contributed by atoms with Gasteiger partial charge in [0.15, 0.2) is 0 Å². The van der Waals surface area contributed by atoms with E-state index in [1.165, 1.54) is 12.1 Å². The van der Waals surface area contributed by atoms with E-state index in [-0.39, 0.29) is 29.7 Å². The van der Waals surface area contributed by atoms with Gasteiger partial charge in [-0.3, -0.25) is 9.59 Å². The second kappa shape index (κ2) is 13.6. The zero-order chi connectivity index (χ0) is 27.7. The Morgan fingerprint density at radius 3 is 2.08 bits per heavy atom. The van der Waals surface area contributed by atoms with Crippen LogP contribution in [-0.2, 0) is 39.1 Å². The van der Waals surface area contributed by atoms with Gasteiger partial charge in [0.1, 0.15) is 6.04 Å². The molecular formula is C29H34ClN3O4S. The summed E-state index contributed by atoms with van der Waals surface area (Å²) in [6, 6.07) is 20.9. The average molecular weight is 556 g/mol. The number of aryl methyl sites for hydroxylation is 2. The average Bonchev–Trinajstić information content (AvgIpc) is 2.90. The standard InChI is InChI=1S/C29H34ClN3O4S/c1-4-32-38(36,37)27-16-11-23(12-17-27)13-18-28(34)33(20-25-9-14-26(30)15-10-25)22(3)29(35)31-19-24-7-5-21(2)6-8-24/h5-12,14-17,22,32H,4,13,18-20H2,1-3H3,(H,31,35)/t22-/m1/s1. The topological polar surface area (TPSA) is 95.6 Å². The molecular weight excluding hydrogens is 522 g/mol. The van der Waals surface area contributed by atoms with Crippen LogP contribution in [0.3, 0.4) is 0 Å². The second-order valence-electron chi connectivity index (χ2n) is 9.17. The molecule has 0 fully saturated rings. The Balaban J connectivity index is 1.69. The highest BCUT2D eigenvalue weighted by Crippen LogP contribution is 2.17. The number of nitrogens with zero attached hydrogens (tertiary/aromatic N) is 1. The van der Waals surface area contributed by atoms with Gasteiger partial charge in [0.05, 0.1) is 4.90 Å². The first-order chi connectivity index (χ1) is 18.1.